The second-order valence-corrected chi connectivity index (χ2v) is 4.56. The molecule has 0 aliphatic rings. The van der Waals surface area contributed by atoms with Crippen LogP contribution in [0.5, 0.6) is 0 Å². The van der Waals surface area contributed by atoms with Gasteiger partial charge in [-0.3, -0.25) is 5.10 Å². The molecule has 3 aromatic rings. The summed E-state index contributed by atoms with van der Waals surface area (Å²) in [4.78, 5) is 0. The summed E-state index contributed by atoms with van der Waals surface area (Å²) in [6.07, 6.45) is 1.79. The van der Waals surface area contributed by atoms with Gasteiger partial charge in [-0.25, -0.2) is 4.39 Å². The van der Waals surface area contributed by atoms with Gasteiger partial charge in [0.05, 0.1) is 17.4 Å². The minimum Gasteiger partial charge on any atom is -0.377 e. The third-order valence-electron chi connectivity index (χ3n) is 3.22. The normalized spacial score (nSPS) is 12.5. The summed E-state index contributed by atoms with van der Waals surface area (Å²) in [5, 5.41) is 11.5. The monoisotopic (exact) mass is 255 g/mol. The Bertz CT molecular complexity index is 688. The average molecular weight is 255 g/mol. The number of nitrogens with one attached hydrogen (secondary N) is 2. The van der Waals surface area contributed by atoms with E-state index in [1.165, 1.54) is 12.1 Å². The van der Waals surface area contributed by atoms with Gasteiger partial charge in [-0.2, -0.15) is 5.10 Å². The lowest BCUT2D eigenvalue weighted by atomic mass is 10.1. The molecule has 1 heterocycles. The van der Waals surface area contributed by atoms with E-state index in [0.717, 1.165) is 22.2 Å². The van der Waals surface area contributed by atoms with Gasteiger partial charge in [0, 0.05) is 11.4 Å². The Labute approximate surface area is 110 Å². The van der Waals surface area contributed by atoms with Crippen LogP contribution < -0.4 is 5.32 Å². The number of anilines is 1. The van der Waals surface area contributed by atoms with E-state index >= 15 is 0 Å². The molecule has 1 unspecified atom stereocenters. The van der Waals surface area contributed by atoms with Gasteiger partial charge in [-0.15, -0.1) is 0 Å². The highest BCUT2D eigenvalue weighted by Crippen LogP contribution is 2.25. The summed E-state index contributed by atoms with van der Waals surface area (Å²) in [6, 6.07) is 12.6. The third kappa shape index (κ3) is 2.29. The molecule has 0 spiro atoms. The minimum atomic E-state index is -0.216. The quantitative estimate of drug-likeness (QED) is 0.745. The number of nitrogens with zero attached hydrogens (tertiary/aromatic N) is 1. The van der Waals surface area contributed by atoms with Gasteiger partial charge in [0.2, 0.25) is 0 Å². The summed E-state index contributed by atoms with van der Waals surface area (Å²) in [7, 11) is 0. The number of aromatic nitrogens is 2. The number of benzene rings is 2. The van der Waals surface area contributed by atoms with E-state index in [1.807, 2.05) is 25.1 Å². The van der Waals surface area contributed by atoms with E-state index in [0.29, 0.717) is 0 Å². The van der Waals surface area contributed by atoms with Crippen LogP contribution in [0.15, 0.2) is 48.7 Å². The average Bonchev–Trinajstić information content (AvgIpc) is 2.89. The van der Waals surface area contributed by atoms with Crippen molar-refractivity contribution < 1.29 is 4.39 Å². The van der Waals surface area contributed by atoms with Crippen LogP contribution in [-0.2, 0) is 0 Å². The van der Waals surface area contributed by atoms with Crippen molar-refractivity contribution in [1.82, 2.24) is 10.2 Å². The molecule has 0 fully saturated rings. The van der Waals surface area contributed by atoms with Crippen LogP contribution in [0, 0.1) is 5.82 Å². The lowest BCUT2D eigenvalue weighted by Gasteiger charge is -2.16. The van der Waals surface area contributed by atoms with E-state index in [1.54, 1.807) is 18.3 Å². The predicted octanol–water partition coefficient (Wildman–Crippen LogP) is 3.88. The highest BCUT2D eigenvalue weighted by molar-refractivity contribution is 5.90. The van der Waals surface area contributed by atoms with Crippen LogP contribution in [0.4, 0.5) is 10.1 Å². The molecular formula is C15H14FN3. The van der Waals surface area contributed by atoms with E-state index in [2.05, 4.69) is 15.5 Å². The first-order valence-corrected chi connectivity index (χ1v) is 6.18. The maximum atomic E-state index is 12.9. The Morgan fingerprint density at radius 1 is 1.16 bits per heavy atom. The molecule has 2 aromatic carbocycles. The zero-order valence-corrected chi connectivity index (χ0v) is 10.5. The van der Waals surface area contributed by atoms with Gasteiger partial charge < -0.3 is 5.32 Å². The summed E-state index contributed by atoms with van der Waals surface area (Å²) in [6.45, 7) is 2.04. The lowest BCUT2D eigenvalue weighted by Crippen LogP contribution is -2.06. The fourth-order valence-corrected chi connectivity index (χ4v) is 2.16. The maximum absolute atomic E-state index is 12.9. The molecule has 0 aliphatic carbocycles. The van der Waals surface area contributed by atoms with E-state index in [-0.39, 0.29) is 11.9 Å². The molecule has 1 aromatic heterocycles. The molecule has 3 rings (SSSR count). The Balaban J connectivity index is 1.88. The van der Waals surface area contributed by atoms with Crippen LogP contribution >= 0.6 is 0 Å². The molecule has 19 heavy (non-hydrogen) atoms. The summed E-state index contributed by atoms with van der Waals surface area (Å²) < 4.78 is 12.9. The largest absolute Gasteiger partial charge is 0.377 e. The molecular weight excluding hydrogens is 241 g/mol. The van der Waals surface area contributed by atoms with E-state index < -0.39 is 0 Å². The smallest absolute Gasteiger partial charge is 0.123 e. The van der Waals surface area contributed by atoms with Crippen molar-refractivity contribution in [1.29, 1.82) is 0 Å². The van der Waals surface area contributed by atoms with Crippen molar-refractivity contribution in [3.05, 3.63) is 60.0 Å². The van der Waals surface area contributed by atoms with Crippen LogP contribution in [-0.4, -0.2) is 10.2 Å². The number of fused-ring (bicyclic) bond motifs is 1. The molecule has 2 N–H and O–H groups in total. The van der Waals surface area contributed by atoms with Crippen molar-refractivity contribution >= 4 is 16.6 Å². The maximum Gasteiger partial charge on any atom is 0.123 e. The molecule has 0 radical (unpaired) electrons. The SMILES string of the molecule is CC(Nc1cccc2cn[nH]c12)c1ccc(F)cc1. The standard InChI is InChI=1S/C15H14FN3/c1-10(11-5-7-13(16)8-6-11)18-14-4-2-3-12-9-17-19-15(12)14/h2-10,18H,1H3,(H,17,19). The second kappa shape index (κ2) is 4.72. The molecule has 1 atom stereocenters. The number of H-pyrrole nitrogens is 1. The number of para-hydroxylation sites is 1. The highest BCUT2D eigenvalue weighted by Gasteiger charge is 2.08. The number of halogens is 1. The van der Waals surface area contributed by atoms with E-state index in [9.17, 15) is 4.39 Å². The van der Waals surface area contributed by atoms with Crippen molar-refractivity contribution in [3.8, 4) is 0 Å². The Kier molecular flexibility index (Phi) is 2.91. The zero-order valence-electron chi connectivity index (χ0n) is 10.5. The van der Waals surface area contributed by atoms with Crippen LogP contribution in [0.1, 0.15) is 18.5 Å². The van der Waals surface area contributed by atoms with Crippen molar-refractivity contribution in [3.63, 3.8) is 0 Å². The minimum absolute atomic E-state index is 0.0921. The number of hydrogen-bond acceptors (Lipinski definition) is 2. The van der Waals surface area contributed by atoms with Gasteiger partial charge >= 0.3 is 0 Å². The van der Waals surface area contributed by atoms with Gasteiger partial charge in [0.25, 0.3) is 0 Å². The first kappa shape index (κ1) is 11.7. The van der Waals surface area contributed by atoms with Crippen molar-refractivity contribution in [2.75, 3.05) is 5.32 Å². The fourth-order valence-electron chi connectivity index (χ4n) is 2.16. The topological polar surface area (TPSA) is 40.7 Å². The molecule has 3 nitrogen and oxygen atoms in total. The molecule has 0 amide bonds. The third-order valence-corrected chi connectivity index (χ3v) is 3.22. The summed E-state index contributed by atoms with van der Waals surface area (Å²) in [5.74, 6) is -0.216. The van der Waals surface area contributed by atoms with Crippen LogP contribution in [0.2, 0.25) is 0 Å². The van der Waals surface area contributed by atoms with Gasteiger partial charge in [0.15, 0.2) is 0 Å². The van der Waals surface area contributed by atoms with Gasteiger partial charge in [0.1, 0.15) is 5.82 Å². The van der Waals surface area contributed by atoms with Crippen molar-refractivity contribution in [2.45, 2.75) is 13.0 Å². The second-order valence-electron chi connectivity index (χ2n) is 4.56. The number of aromatic amines is 1. The molecule has 0 saturated carbocycles. The molecule has 0 bridgehead atoms. The predicted molar refractivity (Wildman–Crippen MR) is 74.5 cm³/mol. The Morgan fingerprint density at radius 2 is 1.95 bits per heavy atom. The number of hydrogen-bond donors (Lipinski definition) is 2. The molecule has 0 saturated heterocycles. The Morgan fingerprint density at radius 3 is 2.74 bits per heavy atom. The Hall–Kier alpha value is -2.36. The molecule has 96 valence electrons. The van der Waals surface area contributed by atoms with Gasteiger partial charge in [-0.1, -0.05) is 24.3 Å². The van der Waals surface area contributed by atoms with Crippen LogP contribution in [0.3, 0.4) is 0 Å². The fraction of sp³-hybridized carbons (Fsp3) is 0.133. The van der Waals surface area contributed by atoms with E-state index in [4.69, 9.17) is 0 Å². The summed E-state index contributed by atoms with van der Waals surface area (Å²) in [5.41, 5.74) is 3.02. The first-order chi connectivity index (χ1) is 9.24. The first-order valence-electron chi connectivity index (χ1n) is 6.18. The summed E-state index contributed by atoms with van der Waals surface area (Å²) >= 11 is 0. The van der Waals surface area contributed by atoms with Gasteiger partial charge in [-0.05, 0) is 30.7 Å². The highest BCUT2D eigenvalue weighted by atomic mass is 19.1. The zero-order chi connectivity index (χ0) is 13.2. The van der Waals surface area contributed by atoms with Crippen molar-refractivity contribution in [2.24, 2.45) is 0 Å². The molecule has 0 aliphatic heterocycles. The molecule has 4 heteroatoms. The lowest BCUT2D eigenvalue weighted by molar-refractivity contribution is 0.626. The van der Waals surface area contributed by atoms with Crippen LogP contribution in [0.25, 0.3) is 10.9 Å². The number of rotatable bonds is 3.